The van der Waals surface area contributed by atoms with Crippen LogP contribution in [0.3, 0.4) is 0 Å². The number of carbonyl (C=O) groups excluding carboxylic acids is 1. The molecule has 2 aromatic carbocycles. The van der Waals surface area contributed by atoms with E-state index in [4.69, 9.17) is 4.74 Å². The van der Waals surface area contributed by atoms with Crippen LogP contribution < -0.4 is 4.74 Å². The average molecular weight is 469 g/mol. The summed E-state index contributed by atoms with van der Waals surface area (Å²) in [4.78, 5) is 15.1. The second kappa shape index (κ2) is 10.1. The maximum atomic E-state index is 13.1. The first-order chi connectivity index (χ1) is 15.9. The zero-order valence-corrected chi connectivity index (χ0v) is 20.0. The molecule has 2 aromatic rings. The number of rotatable bonds is 8. The number of piperidine rings is 1. The normalized spacial score (nSPS) is 16.9. The first-order valence-corrected chi connectivity index (χ1v) is 13.0. The van der Waals surface area contributed by atoms with Gasteiger partial charge >= 0.3 is 0 Å². The van der Waals surface area contributed by atoms with Crippen LogP contribution in [0.15, 0.2) is 60.0 Å². The number of ether oxygens (including phenoxy) is 1. The summed E-state index contributed by atoms with van der Waals surface area (Å²) in [5.41, 5.74) is 3.44. The SMILES string of the molecule is C=CCOc1ccc(CN(C)C(=O)C2CCN(S(=O)(=O)c3ccc4c(c3)CCC4)CC2)cc1. The van der Waals surface area contributed by atoms with E-state index in [1.54, 1.807) is 24.1 Å². The summed E-state index contributed by atoms with van der Waals surface area (Å²) >= 11 is 0. The molecule has 0 unspecified atom stereocenters. The summed E-state index contributed by atoms with van der Waals surface area (Å²) in [6, 6.07) is 13.2. The molecule has 1 amide bonds. The Kier molecular flexibility index (Phi) is 7.20. The van der Waals surface area contributed by atoms with E-state index in [-0.39, 0.29) is 11.8 Å². The number of benzene rings is 2. The lowest BCUT2D eigenvalue weighted by Crippen LogP contribution is -2.43. The number of fused-ring (bicyclic) bond motifs is 1. The van der Waals surface area contributed by atoms with Gasteiger partial charge in [0, 0.05) is 32.6 Å². The van der Waals surface area contributed by atoms with Crippen LogP contribution in [-0.2, 0) is 34.2 Å². The van der Waals surface area contributed by atoms with Crippen LogP contribution in [0, 0.1) is 5.92 Å². The van der Waals surface area contributed by atoms with Crippen molar-refractivity contribution in [2.24, 2.45) is 5.92 Å². The highest BCUT2D eigenvalue weighted by Gasteiger charge is 2.33. The third-order valence-electron chi connectivity index (χ3n) is 6.60. The van der Waals surface area contributed by atoms with Crippen LogP contribution in [0.25, 0.3) is 0 Å². The molecule has 2 aliphatic rings. The third-order valence-corrected chi connectivity index (χ3v) is 8.49. The van der Waals surface area contributed by atoms with Crippen LogP contribution in [0.1, 0.15) is 36.0 Å². The van der Waals surface area contributed by atoms with Gasteiger partial charge in [-0.15, -0.1) is 0 Å². The van der Waals surface area contributed by atoms with E-state index >= 15 is 0 Å². The Hall–Kier alpha value is -2.64. The van der Waals surface area contributed by atoms with Gasteiger partial charge in [0.1, 0.15) is 12.4 Å². The van der Waals surface area contributed by atoms with Crippen molar-refractivity contribution < 1.29 is 17.9 Å². The molecule has 0 saturated carbocycles. The molecule has 0 spiro atoms. The lowest BCUT2D eigenvalue weighted by molar-refractivity contribution is -0.135. The minimum absolute atomic E-state index is 0.0663. The highest BCUT2D eigenvalue weighted by molar-refractivity contribution is 7.89. The average Bonchev–Trinajstić information content (AvgIpc) is 3.31. The van der Waals surface area contributed by atoms with Gasteiger partial charge in [-0.3, -0.25) is 4.79 Å². The molecule has 7 heteroatoms. The number of sulfonamides is 1. The van der Waals surface area contributed by atoms with Crippen molar-refractivity contribution in [1.82, 2.24) is 9.21 Å². The van der Waals surface area contributed by atoms with E-state index in [2.05, 4.69) is 6.58 Å². The smallest absolute Gasteiger partial charge is 0.243 e. The van der Waals surface area contributed by atoms with Crippen LogP contribution in [0.2, 0.25) is 0 Å². The zero-order chi connectivity index (χ0) is 23.4. The van der Waals surface area contributed by atoms with Gasteiger partial charge in [0.2, 0.25) is 15.9 Å². The molecule has 1 aliphatic carbocycles. The number of aryl methyl sites for hydroxylation is 2. The Morgan fingerprint density at radius 1 is 1.12 bits per heavy atom. The van der Waals surface area contributed by atoms with E-state index in [1.165, 1.54) is 9.87 Å². The Labute approximate surface area is 196 Å². The fraction of sp³-hybridized carbons (Fsp3) is 0.423. The predicted octanol–water partition coefficient (Wildman–Crippen LogP) is 3.80. The van der Waals surface area contributed by atoms with Crippen LogP contribution in [0.4, 0.5) is 0 Å². The minimum Gasteiger partial charge on any atom is -0.490 e. The molecule has 176 valence electrons. The van der Waals surface area contributed by atoms with Crippen LogP contribution in [-0.4, -0.2) is 50.3 Å². The predicted molar refractivity (Wildman–Crippen MR) is 129 cm³/mol. The van der Waals surface area contributed by atoms with E-state index in [1.807, 2.05) is 36.4 Å². The van der Waals surface area contributed by atoms with E-state index in [0.717, 1.165) is 36.1 Å². The lowest BCUT2D eigenvalue weighted by Gasteiger charge is -2.32. The van der Waals surface area contributed by atoms with Crippen molar-refractivity contribution >= 4 is 15.9 Å². The van der Waals surface area contributed by atoms with Crippen molar-refractivity contribution in [3.05, 3.63) is 71.8 Å². The Morgan fingerprint density at radius 2 is 1.82 bits per heavy atom. The number of amides is 1. The largest absolute Gasteiger partial charge is 0.490 e. The fourth-order valence-electron chi connectivity index (χ4n) is 4.71. The van der Waals surface area contributed by atoms with Crippen molar-refractivity contribution in [2.75, 3.05) is 26.7 Å². The van der Waals surface area contributed by atoms with Gasteiger partial charge in [0.25, 0.3) is 0 Å². The molecule has 33 heavy (non-hydrogen) atoms. The van der Waals surface area contributed by atoms with Crippen molar-refractivity contribution in [2.45, 2.75) is 43.5 Å². The molecule has 0 aromatic heterocycles. The van der Waals surface area contributed by atoms with Gasteiger partial charge < -0.3 is 9.64 Å². The Bertz CT molecular complexity index is 1100. The molecule has 1 fully saturated rings. The summed E-state index contributed by atoms with van der Waals surface area (Å²) < 4.78 is 33.3. The van der Waals surface area contributed by atoms with Gasteiger partial charge in [-0.2, -0.15) is 4.31 Å². The summed E-state index contributed by atoms with van der Waals surface area (Å²) in [5.74, 6) is 0.679. The van der Waals surface area contributed by atoms with Crippen LogP contribution >= 0.6 is 0 Å². The maximum Gasteiger partial charge on any atom is 0.243 e. The molecule has 1 heterocycles. The highest BCUT2D eigenvalue weighted by Crippen LogP contribution is 2.29. The molecular weight excluding hydrogens is 436 g/mol. The van der Waals surface area contributed by atoms with E-state index in [9.17, 15) is 13.2 Å². The van der Waals surface area contributed by atoms with Gasteiger partial charge in [-0.25, -0.2) is 8.42 Å². The van der Waals surface area contributed by atoms with Gasteiger partial charge in [-0.05, 0) is 73.1 Å². The van der Waals surface area contributed by atoms with E-state index < -0.39 is 10.0 Å². The van der Waals surface area contributed by atoms with Crippen molar-refractivity contribution in [3.63, 3.8) is 0 Å². The van der Waals surface area contributed by atoms with Crippen molar-refractivity contribution in [1.29, 1.82) is 0 Å². The van der Waals surface area contributed by atoms with Gasteiger partial charge in [0.15, 0.2) is 0 Å². The summed E-state index contributed by atoms with van der Waals surface area (Å²) in [7, 11) is -1.72. The zero-order valence-electron chi connectivity index (χ0n) is 19.2. The molecule has 1 saturated heterocycles. The summed E-state index contributed by atoms with van der Waals surface area (Å²) in [6.07, 6.45) is 5.86. The molecule has 6 nitrogen and oxygen atoms in total. The Morgan fingerprint density at radius 3 is 2.52 bits per heavy atom. The number of hydrogen-bond donors (Lipinski definition) is 0. The second-order valence-corrected chi connectivity index (χ2v) is 10.8. The molecule has 0 radical (unpaired) electrons. The number of hydrogen-bond acceptors (Lipinski definition) is 4. The molecule has 0 N–H and O–H groups in total. The van der Waals surface area contributed by atoms with Gasteiger partial charge in [-0.1, -0.05) is 30.9 Å². The lowest BCUT2D eigenvalue weighted by atomic mass is 9.96. The quantitative estimate of drug-likeness (QED) is 0.553. The summed E-state index contributed by atoms with van der Waals surface area (Å²) in [6.45, 7) is 5.35. The maximum absolute atomic E-state index is 13.1. The molecular formula is C26H32N2O4S. The molecule has 1 aliphatic heterocycles. The second-order valence-electron chi connectivity index (χ2n) is 8.90. The highest BCUT2D eigenvalue weighted by atomic mass is 32.2. The summed E-state index contributed by atoms with van der Waals surface area (Å²) in [5, 5.41) is 0. The molecule has 0 atom stereocenters. The fourth-order valence-corrected chi connectivity index (χ4v) is 6.23. The van der Waals surface area contributed by atoms with Crippen molar-refractivity contribution in [3.8, 4) is 5.75 Å². The standard InChI is InChI=1S/C26H32N2O4S/c1-3-17-32-24-10-7-20(8-11-24)19-27(2)26(29)22-13-15-28(16-14-22)33(30,31)25-12-9-21-5-4-6-23(21)18-25/h3,7-12,18,22H,1,4-6,13-17,19H2,2H3. The third kappa shape index (κ3) is 5.31. The molecule has 4 rings (SSSR count). The molecule has 0 bridgehead atoms. The van der Waals surface area contributed by atoms with Gasteiger partial charge in [0.05, 0.1) is 4.90 Å². The first-order valence-electron chi connectivity index (χ1n) is 11.6. The topological polar surface area (TPSA) is 66.9 Å². The number of nitrogens with zero attached hydrogens (tertiary/aromatic N) is 2. The first kappa shape index (κ1) is 23.5. The Balaban J connectivity index is 1.32. The minimum atomic E-state index is -3.52. The van der Waals surface area contributed by atoms with E-state index in [0.29, 0.717) is 44.0 Å². The number of carbonyl (C=O) groups is 1. The monoisotopic (exact) mass is 468 g/mol. The van der Waals surface area contributed by atoms with Crippen LogP contribution in [0.5, 0.6) is 5.75 Å².